The maximum atomic E-state index is 13.7. The Labute approximate surface area is 223 Å². The average molecular weight is 533 g/mol. The second-order valence-corrected chi connectivity index (χ2v) is 9.62. The van der Waals surface area contributed by atoms with Gasteiger partial charge in [-0.1, -0.05) is 24.0 Å². The Morgan fingerprint density at radius 3 is 2.59 bits per heavy atom. The van der Waals surface area contributed by atoms with E-state index < -0.39 is 17.6 Å². The third kappa shape index (κ3) is 6.22. The van der Waals surface area contributed by atoms with Gasteiger partial charge in [-0.2, -0.15) is 18.3 Å². The number of carbonyl (C=O) groups excluding carboxylic acids is 1. The lowest BCUT2D eigenvalue weighted by molar-refractivity contribution is -0.137. The lowest BCUT2D eigenvalue weighted by Crippen LogP contribution is -2.43. The highest BCUT2D eigenvalue weighted by Gasteiger charge is 2.31. The van der Waals surface area contributed by atoms with E-state index >= 15 is 0 Å². The summed E-state index contributed by atoms with van der Waals surface area (Å²) in [5.74, 6) is 5.92. The van der Waals surface area contributed by atoms with Crippen LogP contribution in [0.5, 0.6) is 0 Å². The summed E-state index contributed by atoms with van der Waals surface area (Å²) in [7, 11) is 2.02. The van der Waals surface area contributed by atoms with Crippen LogP contribution in [0.4, 0.5) is 24.7 Å². The van der Waals surface area contributed by atoms with Crippen LogP contribution in [0.1, 0.15) is 32.6 Å². The number of aromatic amines is 1. The predicted octanol–water partition coefficient (Wildman–Crippen LogP) is 4.56. The number of nitrogen functional groups attached to an aromatic ring is 1. The number of fused-ring (bicyclic) bond motifs is 1. The molecular weight excluding hydrogens is 505 g/mol. The van der Waals surface area contributed by atoms with Crippen LogP contribution >= 0.6 is 0 Å². The molecule has 3 aromatic carbocycles. The number of anilines is 2. The third-order valence-corrected chi connectivity index (χ3v) is 6.66. The molecule has 0 unspecified atom stereocenters. The summed E-state index contributed by atoms with van der Waals surface area (Å²) >= 11 is 0. The van der Waals surface area contributed by atoms with Crippen molar-refractivity contribution in [2.75, 3.05) is 44.3 Å². The largest absolute Gasteiger partial charge is 0.416 e. The summed E-state index contributed by atoms with van der Waals surface area (Å²) in [6.45, 7) is 3.62. The molecule has 4 aromatic rings. The zero-order chi connectivity index (χ0) is 27.6. The molecule has 10 heteroatoms. The van der Waals surface area contributed by atoms with Crippen LogP contribution in [0, 0.1) is 11.8 Å². The van der Waals surface area contributed by atoms with Gasteiger partial charge < -0.3 is 16.0 Å². The number of hydrogen-bond acceptors (Lipinski definition) is 5. The van der Waals surface area contributed by atoms with E-state index in [4.69, 9.17) is 5.73 Å². The molecule has 4 N–H and O–H groups in total. The number of piperazine rings is 1. The van der Waals surface area contributed by atoms with Gasteiger partial charge in [0.05, 0.1) is 16.5 Å². The van der Waals surface area contributed by atoms with Crippen LogP contribution in [-0.4, -0.2) is 59.1 Å². The van der Waals surface area contributed by atoms with Crippen LogP contribution in [0.2, 0.25) is 0 Å². The SMILES string of the molecule is CN1CCN(Cc2cc(NC(=O)c3cccc(C#Cc4cccc5[nH]nc(N)c45)c3)cc(C(F)(F)F)c2)CC1. The number of amides is 1. The van der Waals surface area contributed by atoms with Gasteiger partial charge in [0.1, 0.15) is 0 Å². The molecule has 0 bridgehead atoms. The molecule has 0 saturated carbocycles. The molecule has 39 heavy (non-hydrogen) atoms. The van der Waals surface area contributed by atoms with E-state index in [1.807, 2.05) is 25.2 Å². The first-order valence-electron chi connectivity index (χ1n) is 12.4. The summed E-state index contributed by atoms with van der Waals surface area (Å²) in [5, 5.41) is 10.2. The first-order valence-corrected chi connectivity index (χ1v) is 12.4. The predicted molar refractivity (Wildman–Crippen MR) is 145 cm³/mol. The zero-order valence-corrected chi connectivity index (χ0v) is 21.3. The molecule has 0 radical (unpaired) electrons. The van der Waals surface area contributed by atoms with E-state index in [-0.39, 0.29) is 11.3 Å². The quantitative estimate of drug-likeness (QED) is 0.335. The van der Waals surface area contributed by atoms with Gasteiger partial charge in [0.2, 0.25) is 0 Å². The van der Waals surface area contributed by atoms with Gasteiger partial charge in [-0.3, -0.25) is 14.8 Å². The fourth-order valence-electron chi connectivity index (χ4n) is 4.57. The number of nitrogens with zero attached hydrogens (tertiary/aromatic N) is 3. The molecule has 1 aromatic heterocycles. The molecule has 0 aliphatic carbocycles. The van der Waals surface area contributed by atoms with Crippen LogP contribution in [0.3, 0.4) is 0 Å². The van der Waals surface area contributed by atoms with Gasteiger partial charge in [-0.05, 0) is 61.1 Å². The standard InChI is InChI=1S/C29H27F3N6O/c1-37-10-12-38(13-11-37)18-20-15-23(29(30,31)32)17-24(16-20)34-28(39)22-6-2-4-19(14-22)8-9-21-5-3-7-25-26(21)27(33)36-35-25/h2-7,14-17H,10-13,18H2,1H3,(H,34,39)(H3,33,35,36). The number of hydrogen-bond donors (Lipinski definition) is 3. The number of halogens is 3. The van der Waals surface area contributed by atoms with Crippen molar-refractivity contribution in [3.05, 3.63) is 88.5 Å². The maximum absolute atomic E-state index is 13.7. The van der Waals surface area contributed by atoms with E-state index in [0.29, 0.717) is 29.1 Å². The lowest BCUT2D eigenvalue weighted by Gasteiger charge is -2.32. The molecule has 1 amide bonds. The molecular formula is C29H27F3N6O. The minimum absolute atomic E-state index is 0.0950. The second-order valence-electron chi connectivity index (χ2n) is 9.62. The van der Waals surface area contributed by atoms with Crippen molar-refractivity contribution in [1.29, 1.82) is 0 Å². The Kier molecular flexibility index (Phi) is 7.28. The first kappa shape index (κ1) is 26.3. The summed E-state index contributed by atoms with van der Waals surface area (Å²) < 4.78 is 41.0. The number of nitrogens with two attached hydrogens (primary N) is 1. The minimum atomic E-state index is -4.53. The van der Waals surface area contributed by atoms with E-state index in [1.54, 1.807) is 30.3 Å². The van der Waals surface area contributed by atoms with Crippen molar-refractivity contribution in [2.24, 2.45) is 0 Å². The van der Waals surface area contributed by atoms with Crippen LogP contribution < -0.4 is 11.1 Å². The number of nitrogens with one attached hydrogen (secondary N) is 2. The molecule has 2 heterocycles. The number of rotatable bonds is 4. The van der Waals surface area contributed by atoms with E-state index in [1.165, 1.54) is 0 Å². The highest BCUT2D eigenvalue weighted by Crippen LogP contribution is 2.32. The van der Waals surface area contributed by atoms with Crippen LogP contribution in [0.25, 0.3) is 10.9 Å². The number of benzene rings is 3. The summed E-state index contributed by atoms with van der Waals surface area (Å²) in [6.07, 6.45) is -4.53. The lowest BCUT2D eigenvalue weighted by atomic mass is 10.1. The number of carbonyl (C=O) groups is 1. The zero-order valence-electron chi connectivity index (χ0n) is 21.3. The van der Waals surface area contributed by atoms with Gasteiger partial charge in [0.15, 0.2) is 5.82 Å². The van der Waals surface area contributed by atoms with Crippen molar-refractivity contribution in [2.45, 2.75) is 12.7 Å². The highest BCUT2D eigenvalue weighted by atomic mass is 19.4. The molecule has 0 atom stereocenters. The van der Waals surface area contributed by atoms with Gasteiger partial charge in [0.25, 0.3) is 5.91 Å². The monoisotopic (exact) mass is 532 g/mol. The van der Waals surface area contributed by atoms with Crippen LogP contribution in [-0.2, 0) is 12.7 Å². The number of H-pyrrole nitrogens is 1. The second kappa shape index (κ2) is 10.8. The van der Waals surface area contributed by atoms with Gasteiger partial charge in [0, 0.05) is 55.1 Å². The van der Waals surface area contributed by atoms with E-state index in [2.05, 4.69) is 37.2 Å². The molecule has 200 valence electrons. The molecule has 7 nitrogen and oxygen atoms in total. The Morgan fingerprint density at radius 2 is 1.82 bits per heavy atom. The van der Waals surface area contributed by atoms with Crippen molar-refractivity contribution in [3.63, 3.8) is 0 Å². The maximum Gasteiger partial charge on any atom is 0.416 e. The summed E-state index contributed by atoms with van der Waals surface area (Å²) in [4.78, 5) is 17.3. The summed E-state index contributed by atoms with van der Waals surface area (Å²) in [5.41, 5.74) is 8.05. The molecule has 1 fully saturated rings. The fraction of sp³-hybridized carbons (Fsp3) is 0.241. The van der Waals surface area contributed by atoms with E-state index in [9.17, 15) is 18.0 Å². The Morgan fingerprint density at radius 1 is 1.05 bits per heavy atom. The topological polar surface area (TPSA) is 90.3 Å². The average Bonchev–Trinajstić information content (AvgIpc) is 3.29. The van der Waals surface area contributed by atoms with Gasteiger partial charge in [-0.25, -0.2) is 0 Å². The highest BCUT2D eigenvalue weighted by molar-refractivity contribution is 6.04. The van der Waals surface area contributed by atoms with Crippen molar-refractivity contribution < 1.29 is 18.0 Å². The number of aromatic nitrogens is 2. The van der Waals surface area contributed by atoms with Crippen LogP contribution in [0.15, 0.2) is 60.7 Å². The number of alkyl halides is 3. The Balaban J connectivity index is 1.36. The fourth-order valence-corrected chi connectivity index (χ4v) is 4.57. The molecule has 1 aliphatic rings. The molecule has 1 saturated heterocycles. The molecule has 0 spiro atoms. The van der Waals surface area contributed by atoms with Crippen molar-refractivity contribution >= 4 is 28.3 Å². The molecule has 1 aliphatic heterocycles. The summed E-state index contributed by atoms with van der Waals surface area (Å²) in [6, 6.07) is 15.8. The van der Waals surface area contributed by atoms with Crippen molar-refractivity contribution in [3.8, 4) is 11.8 Å². The van der Waals surface area contributed by atoms with Crippen molar-refractivity contribution in [1.82, 2.24) is 20.0 Å². The smallest absolute Gasteiger partial charge is 0.382 e. The molecule has 5 rings (SSSR count). The normalized spacial score (nSPS) is 14.7. The number of likely N-dealkylation sites (N-methyl/N-ethyl adjacent to an activating group) is 1. The minimum Gasteiger partial charge on any atom is -0.382 e. The third-order valence-electron chi connectivity index (χ3n) is 6.66. The van der Waals surface area contributed by atoms with Gasteiger partial charge in [-0.15, -0.1) is 0 Å². The van der Waals surface area contributed by atoms with E-state index in [0.717, 1.165) is 49.2 Å². The Bertz CT molecular complexity index is 1580. The first-order chi connectivity index (χ1) is 18.7. The van der Waals surface area contributed by atoms with Gasteiger partial charge >= 0.3 is 6.18 Å². The Hall–Kier alpha value is -4.33.